The average molecular weight is 330 g/mol. The number of hydrogen-bond acceptors (Lipinski definition) is 1. The van der Waals surface area contributed by atoms with E-state index in [-0.39, 0.29) is 17.7 Å². The molecular weight excluding hydrogens is 306 g/mol. The SMILES string of the molecule is C[NH+](C)[C@@H](C(=O)c1ccccc1)C(c1ccccc1)c1ccccc1. The fourth-order valence-electron chi connectivity index (χ4n) is 3.43. The van der Waals surface area contributed by atoms with Gasteiger partial charge in [0.1, 0.15) is 0 Å². The summed E-state index contributed by atoms with van der Waals surface area (Å²) in [5.74, 6) is 0.193. The van der Waals surface area contributed by atoms with Crippen LogP contribution in [0.2, 0.25) is 0 Å². The van der Waals surface area contributed by atoms with Crippen LogP contribution < -0.4 is 4.90 Å². The lowest BCUT2D eigenvalue weighted by atomic mass is 9.81. The van der Waals surface area contributed by atoms with Gasteiger partial charge < -0.3 is 4.90 Å². The van der Waals surface area contributed by atoms with E-state index in [1.807, 2.05) is 66.7 Å². The van der Waals surface area contributed by atoms with Gasteiger partial charge in [0.05, 0.1) is 20.0 Å². The van der Waals surface area contributed by atoms with E-state index in [1.54, 1.807) is 0 Å². The van der Waals surface area contributed by atoms with Gasteiger partial charge in [-0.25, -0.2) is 0 Å². The van der Waals surface area contributed by atoms with Crippen molar-refractivity contribution in [1.29, 1.82) is 0 Å². The van der Waals surface area contributed by atoms with Crippen molar-refractivity contribution in [3.63, 3.8) is 0 Å². The van der Waals surface area contributed by atoms with Gasteiger partial charge in [-0.1, -0.05) is 91.0 Å². The van der Waals surface area contributed by atoms with Gasteiger partial charge in [0.2, 0.25) is 5.78 Å². The lowest BCUT2D eigenvalue weighted by molar-refractivity contribution is -0.876. The summed E-state index contributed by atoms with van der Waals surface area (Å²) in [5, 5.41) is 0. The van der Waals surface area contributed by atoms with Crippen LogP contribution in [0.4, 0.5) is 0 Å². The molecule has 3 rings (SSSR count). The van der Waals surface area contributed by atoms with E-state index in [0.717, 1.165) is 10.5 Å². The third kappa shape index (κ3) is 3.86. The molecule has 126 valence electrons. The second-order valence-electron chi connectivity index (χ2n) is 6.58. The number of ketones is 1. The van der Waals surface area contributed by atoms with E-state index < -0.39 is 0 Å². The van der Waals surface area contributed by atoms with Gasteiger partial charge in [0.15, 0.2) is 6.04 Å². The first-order valence-electron chi connectivity index (χ1n) is 8.67. The molecule has 2 heteroatoms. The molecule has 0 saturated carbocycles. The zero-order chi connectivity index (χ0) is 17.6. The molecule has 3 aromatic rings. The summed E-state index contributed by atoms with van der Waals surface area (Å²) in [6, 6.07) is 30.1. The summed E-state index contributed by atoms with van der Waals surface area (Å²) in [7, 11) is 4.12. The van der Waals surface area contributed by atoms with Crippen LogP contribution in [0.15, 0.2) is 91.0 Å². The molecule has 1 atom stereocenters. The maximum Gasteiger partial charge on any atom is 0.220 e. The molecule has 0 heterocycles. The standard InChI is InChI=1S/C23H23NO/c1-24(2)22(23(25)20-16-10-5-11-17-20)21(18-12-6-3-7-13-18)19-14-8-4-9-15-19/h3-17,21-22H,1-2H3/p+1/t22-/m1/s1. The Morgan fingerprint density at radius 2 is 1.08 bits per heavy atom. The molecule has 0 saturated heterocycles. The molecule has 0 radical (unpaired) electrons. The monoisotopic (exact) mass is 330 g/mol. The quantitative estimate of drug-likeness (QED) is 0.689. The molecular formula is C23H24NO+. The summed E-state index contributed by atoms with van der Waals surface area (Å²) >= 11 is 0. The Labute approximate surface area is 149 Å². The highest BCUT2D eigenvalue weighted by atomic mass is 16.1. The third-order valence-corrected chi connectivity index (χ3v) is 4.61. The Balaban J connectivity index is 2.10. The van der Waals surface area contributed by atoms with E-state index >= 15 is 0 Å². The molecule has 0 bridgehead atoms. The van der Waals surface area contributed by atoms with Gasteiger partial charge in [-0.3, -0.25) is 4.79 Å². The highest BCUT2D eigenvalue weighted by molar-refractivity contribution is 6.00. The Morgan fingerprint density at radius 3 is 1.48 bits per heavy atom. The van der Waals surface area contributed by atoms with Crippen molar-refractivity contribution in [2.45, 2.75) is 12.0 Å². The smallest absolute Gasteiger partial charge is 0.220 e. The van der Waals surface area contributed by atoms with Crippen LogP contribution in [0.1, 0.15) is 27.4 Å². The first-order valence-corrected chi connectivity index (χ1v) is 8.67. The van der Waals surface area contributed by atoms with E-state index in [2.05, 4.69) is 38.4 Å². The fraction of sp³-hybridized carbons (Fsp3) is 0.174. The zero-order valence-corrected chi connectivity index (χ0v) is 14.7. The van der Waals surface area contributed by atoms with E-state index in [9.17, 15) is 4.79 Å². The van der Waals surface area contributed by atoms with E-state index in [0.29, 0.717) is 0 Å². The predicted molar refractivity (Wildman–Crippen MR) is 102 cm³/mol. The molecule has 0 aromatic heterocycles. The number of carbonyl (C=O) groups is 1. The van der Waals surface area contributed by atoms with Crippen molar-refractivity contribution in [2.24, 2.45) is 0 Å². The Bertz CT molecular complexity index is 758. The number of benzene rings is 3. The number of rotatable bonds is 6. The van der Waals surface area contributed by atoms with E-state index in [1.165, 1.54) is 11.1 Å². The Kier molecular flexibility index (Phi) is 5.42. The summed E-state index contributed by atoms with van der Waals surface area (Å²) < 4.78 is 0. The van der Waals surface area contributed by atoms with Crippen molar-refractivity contribution in [2.75, 3.05) is 14.1 Å². The Morgan fingerprint density at radius 1 is 0.680 bits per heavy atom. The van der Waals surface area contributed by atoms with Crippen LogP contribution in [0.5, 0.6) is 0 Å². The van der Waals surface area contributed by atoms with Gasteiger partial charge in [-0.2, -0.15) is 0 Å². The van der Waals surface area contributed by atoms with Crippen LogP contribution in [0.3, 0.4) is 0 Å². The minimum Gasteiger partial charge on any atom is -0.330 e. The first kappa shape index (κ1) is 17.1. The van der Waals surface area contributed by atoms with Gasteiger partial charge in [-0.15, -0.1) is 0 Å². The Hall–Kier alpha value is -2.71. The summed E-state index contributed by atoms with van der Waals surface area (Å²) in [6.07, 6.45) is 0. The molecule has 0 unspecified atom stereocenters. The van der Waals surface area contributed by atoms with Gasteiger partial charge >= 0.3 is 0 Å². The largest absolute Gasteiger partial charge is 0.330 e. The summed E-state index contributed by atoms with van der Waals surface area (Å²) in [5.41, 5.74) is 3.11. The normalized spacial score (nSPS) is 12.3. The van der Waals surface area contributed by atoms with Crippen molar-refractivity contribution in [3.05, 3.63) is 108 Å². The lowest BCUT2D eigenvalue weighted by Crippen LogP contribution is -3.12. The minimum absolute atomic E-state index is 0.0140. The predicted octanol–water partition coefficient (Wildman–Crippen LogP) is 3.21. The van der Waals surface area contributed by atoms with Crippen LogP contribution in [-0.4, -0.2) is 25.9 Å². The maximum atomic E-state index is 13.4. The molecule has 0 aliphatic carbocycles. The van der Waals surface area contributed by atoms with Crippen molar-refractivity contribution in [1.82, 2.24) is 0 Å². The van der Waals surface area contributed by atoms with Gasteiger partial charge in [-0.05, 0) is 11.1 Å². The molecule has 0 spiro atoms. The highest BCUT2D eigenvalue weighted by Gasteiger charge is 2.36. The van der Waals surface area contributed by atoms with Crippen LogP contribution in [-0.2, 0) is 0 Å². The summed E-state index contributed by atoms with van der Waals surface area (Å²) in [6.45, 7) is 0. The lowest BCUT2D eigenvalue weighted by Gasteiger charge is -2.29. The first-order chi connectivity index (χ1) is 12.2. The van der Waals surface area contributed by atoms with Crippen molar-refractivity contribution in [3.8, 4) is 0 Å². The van der Waals surface area contributed by atoms with Crippen LogP contribution in [0.25, 0.3) is 0 Å². The van der Waals surface area contributed by atoms with Crippen LogP contribution >= 0.6 is 0 Å². The molecule has 3 aromatic carbocycles. The highest BCUT2D eigenvalue weighted by Crippen LogP contribution is 2.28. The molecule has 0 aliphatic rings. The zero-order valence-electron chi connectivity index (χ0n) is 14.7. The number of carbonyl (C=O) groups excluding carboxylic acids is 1. The number of hydrogen-bond donors (Lipinski definition) is 1. The van der Waals surface area contributed by atoms with Crippen LogP contribution in [0, 0.1) is 0 Å². The van der Waals surface area contributed by atoms with E-state index in [4.69, 9.17) is 0 Å². The molecule has 0 amide bonds. The number of quaternary nitrogens is 1. The maximum absolute atomic E-state index is 13.4. The topological polar surface area (TPSA) is 21.5 Å². The fourth-order valence-corrected chi connectivity index (χ4v) is 3.43. The molecule has 0 aliphatic heterocycles. The van der Waals surface area contributed by atoms with Crippen molar-refractivity contribution >= 4 is 5.78 Å². The third-order valence-electron chi connectivity index (χ3n) is 4.61. The number of nitrogens with one attached hydrogen (secondary N) is 1. The second-order valence-corrected chi connectivity index (χ2v) is 6.58. The average Bonchev–Trinajstić information content (AvgIpc) is 2.67. The molecule has 0 fully saturated rings. The molecule has 2 nitrogen and oxygen atoms in total. The minimum atomic E-state index is -0.188. The van der Waals surface area contributed by atoms with Crippen molar-refractivity contribution < 1.29 is 9.69 Å². The number of Topliss-reactive ketones (excluding diaryl/α,β-unsaturated/α-hetero) is 1. The van der Waals surface area contributed by atoms with Gasteiger partial charge in [0.25, 0.3) is 0 Å². The summed E-state index contributed by atoms with van der Waals surface area (Å²) in [4.78, 5) is 14.5. The molecule has 25 heavy (non-hydrogen) atoms. The van der Waals surface area contributed by atoms with Gasteiger partial charge in [0, 0.05) is 5.56 Å². The molecule has 1 N–H and O–H groups in total. The second kappa shape index (κ2) is 7.91. The number of likely N-dealkylation sites (N-methyl/N-ethyl adjacent to an activating group) is 1.